The van der Waals surface area contributed by atoms with Crippen LogP contribution in [0.4, 0.5) is 5.69 Å². The minimum absolute atomic E-state index is 0.102. The Labute approximate surface area is 210 Å². The molecule has 0 saturated carbocycles. The fraction of sp³-hybridized carbons (Fsp3) is 0.0385. The summed E-state index contributed by atoms with van der Waals surface area (Å²) in [4.78, 5) is 24.7. The number of para-hydroxylation sites is 2. The lowest BCUT2D eigenvalue weighted by atomic mass is 10.1. The predicted octanol–water partition coefficient (Wildman–Crippen LogP) is 4.86. The number of rotatable bonds is 8. The molecule has 1 aromatic heterocycles. The van der Waals surface area contributed by atoms with E-state index in [0.717, 1.165) is 20.5 Å². The highest BCUT2D eigenvalue weighted by molar-refractivity contribution is 14.1. The summed E-state index contributed by atoms with van der Waals surface area (Å²) < 4.78 is 8.38. The number of anilines is 1. The second-order valence-corrected chi connectivity index (χ2v) is 8.35. The van der Waals surface area contributed by atoms with Crippen LogP contribution < -0.4 is 15.5 Å². The molecule has 1 heterocycles. The minimum atomic E-state index is -0.306. The van der Waals surface area contributed by atoms with Crippen LogP contribution in [-0.4, -0.2) is 29.2 Å². The number of hydrogen-bond donors (Lipinski definition) is 2. The first-order valence-corrected chi connectivity index (χ1v) is 11.5. The number of benzene rings is 3. The maximum Gasteiger partial charge on any atom is 0.273 e. The van der Waals surface area contributed by atoms with Crippen LogP contribution in [-0.2, 0) is 4.79 Å². The number of halogens is 1. The van der Waals surface area contributed by atoms with Gasteiger partial charge in [0.15, 0.2) is 6.61 Å². The van der Waals surface area contributed by atoms with Gasteiger partial charge in [-0.05, 0) is 88.8 Å². The Bertz CT molecular complexity index is 1300. The molecule has 0 radical (unpaired) electrons. The molecule has 170 valence electrons. The predicted molar refractivity (Wildman–Crippen MR) is 141 cm³/mol. The number of aromatic nitrogens is 1. The van der Waals surface area contributed by atoms with Gasteiger partial charge in [-0.15, -0.1) is 0 Å². The summed E-state index contributed by atoms with van der Waals surface area (Å²) in [5.74, 6) is 0.0111. The smallest absolute Gasteiger partial charge is 0.273 e. The second kappa shape index (κ2) is 11.3. The van der Waals surface area contributed by atoms with Crippen molar-refractivity contribution in [2.45, 2.75) is 0 Å². The van der Waals surface area contributed by atoms with Crippen LogP contribution in [0.1, 0.15) is 15.9 Å². The van der Waals surface area contributed by atoms with Crippen LogP contribution >= 0.6 is 22.6 Å². The van der Waals surface area contributed by atoms with Crippen LogP contribution in [0.15, 0.2) is 102 Å². The van der Waals surface area contributed by atoms with Crippen molar-refractivity contribution in [2.24, 2.45) is 5.10 Å². The lowest BCUT2D eigenvalue weighted by Gasteiger charge is -2.09. The van der Waals surface area contributed by atoms with Crippen LogP contribution in [0.25, 0.3) is 5.69 Å². The largest absolute Gasteiger partial charge is 0.484 e. The summed E-state index contributed by atoms with van der Waals surface area (Å²) in [6.45, 7) is -0.102. The first kappa shape index (κ1) is 23.2. The molecule has 7 nitrogen and oxygen atoms in total. The van der Waals surface area contributed by atoms with Crippen molar-refractivity contribution in [3.05, 3.63) is 112 Å². The van der Waals surface area contributed by atoms with Crippen LogP contribution in [0.3, 0.4) is 0 Å². The zero-order valence-corrected chi connectivity index (χ0v) is 20.2. The number of amides is 2. The first-order valence-electron chi connectivity index (χ1n) is 10.4. The topological polar surface area (TPSA) is 84.7 Å². The van der Waals surface area contributed by atoms with Gasteiger partial charge in [0, 0.05) is 16.0 Å². The summed E-state index contributed by atoms with van der Waals surface area (Å²) in [5, 5.41) is 6.88. The van der Waals surface area contributed by atoms with Crippen molar-refractivity contribution in [1.82, 2.24) is 9.99 Å². The van der Waals surface area contributed by atoms with Crippen molar-refractivity contribution in [2.75, 3.05) is 11.9 Å². The van der Waals surface area contributed by atoms with E-state index in [9.17, 15) is 9.59 Å². The van der Waals surface area contributed by atoms with Crippen molar-refractivity contribution >= 4 is 46.3 Å². The molecule has 2 amide bonds. The summed E-state index contributed by atoms with van der Waals surface area (Å²) >= 11 is 2.16. The number of carbonyl (C=O) groups excluding carboxylic acids is 2. The van der Waals surface area contributed by atoms with Gasteiger partial charge in [0.2, 0.25) is 0 Å². The quantitative estimate of drug-likeness (QED) is 0.182. The summed E-state index contributed by atoms with van der Waals surface area (Å²) in [7, 11) is 0. The van der Waals surface area contributed by atoms with E-state index in [1.807, 2.05) is 71.6 Å². The van der Waals surface area contributed by atoms with E-state index in [0.29, 0.717) is 11.3 Å². The van der Waals surface area contributed by atoms with Crippen LogP contribution in [0.5, 0.6) is 5.75 Å². The van der Waals surface area contributed by atoms with Crippen molar-refractivity contribution in [1.29, 1.82) is 0 Å². The highest BCUT2D eigenvalue weighted by atomic mass is 127. The van der Waals surface area contributed by atoms with E-state index in [1.54, 1.807) is 36.5 Å². The van der Waals surface area contributed by atoms with Gasteiger partial charge in [0.1, 0.15) is 5.75 Å². The molecule has 0 aliphatic heterocycles. The van der Waals surface area contributed by atoms with Gasteiger partial charge in [-0.25, -0.2) is 5.43 Å². The van der Waals surface area contributed by atoms with Crippen molar-refractivity contribution in [3.8, 4) is 11.4 Å². The van der Waals surface area contributed by atoms with E-state index in [-0.39, 0.29) is 18.4 Å². The van der Waals surface area contributed by atoms with E-state index in [1.165, 1.54) is 0 Å². The Balaban J connectivity index is 1.29. The average molecular weight is 564 g/mol. The molecule has 0 bridgehead atoms. The van der Waals surface area contributed by atoms with Crippen LogP contribution in [0, 0.1) is 3.57 Å². The average Bonchev–Trinajstić information content (AvgIpc) is 3.40. The minimum Gasteiger partial charge on any atom is -0.484 e. The van der Waals surface area contributed by atoms with Gasteiger partial charge < -0.3 is 14.6 Å². The number of ether oxygens (including phenoxy) is 1. The standard InChI is InChI=1S/C26H21IN4O3/c27-22-8-2-3-9-23(22)29-25(32)18-34-20-13-11-19(12-14-20)17-28-30-26(33)21-7-1-4-10-24(21)31-15-5-6-16-31/h1-17H,18H2,(H,29,32)(H,30,33)/b28-17-. The molecule has 0 spiro atoms. The third kappa shape index (κ3) is 6.10. The fourth-order valence-electron chi connectivity index (χ4n) is 3.16. The zero-order chi connectivity index (χ0) is 23.8. The molecule has 0 fully saturated rings. The number of hydrazone groups is 1. The Kier molecular flexibility index (Phi) is 7.71. The van der Waals surface area contributed by atoms with Crippen LogP contribution in [0.2, 0.25) is 0 Å². The van der Waals surface area contributed by atoms with E-state index in [4.69, 9.17) is 4.74 Å². The summed E-state index contributed by atoms with van der Waals surface area (Å²) in [6.07, 6.45) is 5.31. The van der Waals surface area contributed by atoms with Gasteiger partial charge in [0.05, 0.1) is 23.2 Å². The van der Waals surface area contributed by atoms with Gasteiger partial charge in [-0.2, -0.15) is 5.10 Å². The molecule has 3 aromatic carbocycles. The number of nitrogens with zero attached hydrogens (tertiary/aromatic N) is 2. The van der Waals surface area contributed by atoms with Gasteiger partial charge in [-0.3, -0.25) is 9.59 Å². The second-order valence-electron chi connectivity index (χ2n) is 7.19. The molecule has 4 rings (SSSR count). The first-order chi connectivity index (χ1) is 16.6. The Morgan fingerprint density at radius 1 is 0.912 bits per heavy atom. The molecule has 2 N–H and O–H groups in total. The molecule has 0 unspecified atom stereocenters. The molecule has 0 aliphatic rings. The summed E-state index contributed by atoms with van der Waals surface area (Å²) in [6, 6.07) is 25.7. The monoisotopic (exact) mass is 564 g/mol. The van der Waals surface area contributed by atoms with Gasteiger partial charge >= 0.3 is 0 Å². The molecule has 0 saturated heterocycles. The molecule has 4 aromatic rings. The maximum absolute atomic E-state index is 12.6. The normalized spacial score (nSPS) is 10.7. The lowest BCUT2D eigenvalue weighted by Crippen LogP contribution is -2.20. The molecular weight excluding hydrogens is 543 g/mol. The molecule has 0 atom stereocenters. The number of hydrogen-bond acceptors (Lipinski definition) is 4. The highest BCUT2D eigenvalue weighted by Crippen LogP contribution is 2.17. The number of carbonyl (C=O) groups is 2. The fourth-order valence-corrected chi connectivity index (χ4v) is 3.68. The molecular formula is C26H21IN4O3. The number of nitrogens with one attached hydrogen (secondary N) is 2. The summed E-state index contributed by atoms with van der Waals surface area (Å²) in [5.41, 5.74) is 5.38. The van der Waals surface area contributed by atoms with E-state index >= 15 is 0 Å². The van der Waals surface area contributed by atoms with Crippen molar-refractivity contribution in [3.63, 3.8) is 0 Å². The molecule has 0 aliphatic carbocycles. The lowest BCUT2D eigenvalue weighted by molar-refractivity contribution is -0.118. The maximum atomic E-state index is 12.6. The third-order valence-corrected chi connectivity index (χ3v) is 5.75. The third-order valence-electron chi connectivity index (χ3n) is 4.81. The Hall–Kier alpha value is -3.92. The van der Waals surface area contributed by atoms with Gasteiger partial charge in [0.25, 0.3) is 11.8 Å². The Morgan fingerprint density at radius 3 is 2.38 bits per heavy atom. The zero-order valence-electron chi connectivity index (χ0n) is 18.0. The SMILES string of the molecule is O=C(COc1ccc(/C=N\NC(=O)c2ccccc2-n2cccc2)cc1)Nc1ccccc1I. The van der Waals surface area contributed by atoms with Gasteiger partial charge in [-0.1, -0.05) is 24.3 Å². The Morgan fingerprint density at radius 2 is 1.62 bits per heavy atom. The molecule has 34 heavy (non-hydrogen) atoms. The van der Waals surface area contributed by atoms with E-state index < -0.39 is 0 Å². The highest BCUT2D eigenvalue weighted by Gasteiger charge is 2.11. The van der Waals surface area contributed by atoms with Crippen molar-refractivity contribution < 1.29 is 14.3 Å². The van der Waals surface area contributed by atoms with E-state index in [2.05, 4.69) is 38.4 Å². The molecule has 8 heteroatoms.